The van der Waals surface area contributed by atoms with E-state index in [0.29, 0.717) is 11.0 Å². The normalized spacial score (nSPS) is 9.72. The molecule has 0 spiro atoms. The fraction of sp³-hybridized carbons (Fsp3) is 0.348. The van der Waals surface area contributed by atoms with Crippen LogP contribution in [-0.4, -0.2) is 27.2 Å². The third kappa shape index (κ3) is 5.44. The summed E-state index contributed by atoms with van der Waals surface area (Å²) in [5.41, 5.74) is 1.33. The Bertz CT molecular complexity index is 992. The van der Waals surface area contributed by atoms with Crippen LogP contribution in [0.4, 0.5) is 0 Å². The highest BCUT2D eigenvalue weighted by Gasteiger charge is 2.23. The van der Waals surface area contributed by atoms with E-state index >= 15 is 0 Å². The molecule has 6 heteroatoms. The minimum absolute atomic E-state index is 0.112. The molecule has 3 rings (SSSR count). The summed E-state index contributed by atoms with van der Waals surface area (Å²) in [6.45, 7) is 12.0. The number of pyridine rings is 2. The zero-order chi connectivity index (χ0) is 22.0. The average Bonchev–Trinajstić information content (AvgIpc) is 2.76. The van der Waals surface area contributed by atoms with Gasteiger partial charge in [-0.3, -0.25) is 9.36 Å². The number of esters is 1. The molecule has 0 fully saturated rings. The lowest BCUT2D eigenvalue weighted by Gasteiger charge is -2.13. The molecule has 0 bridgehead atoms. The van der Waals surface area contributed by atoms with Crippen molar-refractivity contribution in [1.29, 1.82) is 0 Å². The number of nitrogens with zero attached hydrogens (tertiary/aromatic N) is 2. The number of rotatable bonds is 4. The van der Waals surface area contributed by atoms with Gasteiger partial charge in [-0.05, 0) is 31.5 Å². The van der Waals surface area contributed by atoms with Gasteiger partial charge < -0.3 is 9.84 Å². The number of hydrogen-bond donors (Lipinski definition) is 1. The van der Waals surface area contributed by atoms with Crippen LogP contribution in [0.25, 0.3) is 11.0 Å². The van der Waals surface area contributed by atoms with Gasteiger partial charge in [0.1, 0.15) is 11.4 Å². The Balaban J connectivity index is 0.000000989. The van der Waals surface area contributed by atoms with E-state index in [1.807, 2.05) is 58.9 Å². The molecule has 156 valence electrons. The topological polar surface area (TPSA) is 81.4 Å². The standard InChI is InChI=1S/C19H18N2O4.2C2H6/c1-3-25-19(24)15-16(22)14-5-4-10-20-17(14)21(18(15)23)11-13-8-6-12(2)7-9-13;2*1-2/h4-10,22H,3,11H2,1-2H3;2*1-2H3. The van der Waals surface area contributed by atoms with Crippen molar-refractivity contribution in [1.82, 2.24) is 9.55 Å². The lowest BCUT2D eigenvalue weighted by Crippen LogP contribution is -2.29. The Morgan fingerprint density at radius 3 is 2.31 bits per heavy atom. The first-order valence-electron chi connectivity index (χ1n) is 9.96. The van der Waals surface area contributed by atoms with E-state index in [2.05, 4.69) is 4.98 Å². The number of carbonyl (C=O) groups is 1. The van der Waals surface area contributed by atoms with Gasteiger partial charge in [0.15, 0.2) is 5.56 Å². The van der Waals surface area contributed by atoms with Crippen LogP contribution in [0.3, 0.4) is 0 Å². The van der Waals surface area contributed by atoms with Crippen LogP contribution in [-0.2, 0) is 11.3 Å². The minimum atomic E-state index is -0.839. The van der Waals surface area contributed by atoms with Crippen molar-refractivity contribution < 1.29 is 14.6 Å². The maximum absolute atomic E-state index is 12.9. The fourth-order valence-corrected chi connectivity index (χ4v) is 2.67. The van der Waals surface area contributed by atoms with E-state index in [0.717, 1.165) is 11.1 Å². The first-order valence-corrected chi connectivity index (χ1v) is 9.96. The molecule has 0 saturated heterocycles. The number of fused-ring (bicyclic) bond motifs is 1. The van der Waals surface area contributed by atoms with Crippen LogP contribution in [0, 0.1) is 6.92 Å². The fourth-order valence-electron chi connectivity index (χ4n) is 2.67. The number of hydrogen-bond acceptors (Lipinski definition) is 5. The highest BCUT2D eigenvalue weighted by Crippen LogP contribution is 2.25. The molecular weight excluding hydrogens is 368 g/mol. The second-order valence-electron chi connectivity index (χ2n) is 5.70. The van der Waals surface area contributed by atoms with E-state index in [-0.39, 0.29) is 18.7 Å². The third-order valence-electron chi connectivity index (χ3n) is 3.93. The van der Waals surface area contributed by atoms with Crippen LogP contribution < -0.4 is 5.56 Å². The number of carbonyl (C=O) groups excluding carboxylic acids is 1. The summed E-state index contributed by atoms with van der Waals surface area (Å²) in [4.78, 5) is 29.2. The summed E-state index contributed by atoms with van der Waals surface area (Å²) in [5.74, 6) is -1.24. The van der Waals surface area contributed by atoms with Gasteiger partial charge >= 0.3 is 5.97 Å². The van der Waals surface area contributed by atoms with Crippen LogP contribution >= 0.6 is 0 Å². The van der Waals surface area contributed by atoms with Crippen molar-refractivity contribution in [3.63, 3.8) is 0 Å². The van der Waals surface area contributed by atoms with Crippen molar-refractivity contribution in [3.05, 3.63) is 69.6 Å². The van der Waals surface area contributed by atoms with Crippen molar-refractivity contribution in [2.75, 3.05) is 6.61 Å². The van der Waals surface area contributed by atoms with Gasteiger partial charge in [0, 0.05) is 6.20 Å². The second-order valence-corrected chi connectivity index (χ2v) is 5.70. The maximum atomic E-state index is 12.9. The second kappa shape index (κ2) is 11.6. The van der Waals surface area contributed by atoms with Gasteiger partial charge in [-0.15, -0.1) is 0 Å². The number of benzene rings is 1. The third-order valence-corrected chi connectivity index (χ3v) is 3.93. The summed E-state index contributed by atoms with van der Waals surface area (Å²) in [6, 6.07) is 11.0. The molecule has 0 amide bonds. The molecule has 0 aliphatic heterocycles. The van der Waals surface area contributed by atoms with Gasteiger partial charge in [0.05, 0.1) is 18.5 Å². The Morgan fingerprint density at radius 2 is 1.72 bits per heavy atom. The highest BCUT2D eigenvalue weighted by atomic mass is 16.5. The summed E-state index contributed by atoms with van der Waals surface area (Å²) in [7, 11) is 0. The van der Waals surface area contributed by atoms with Crippen molar-refractivity contribution in [2.45, 2.75) is 48.1 Å². The SMILES string of the molecule is CC.CC.CCOC(=O)c1c(O)c2cccnc2n(Cc2ccc(C)cc2)c1=O. The Morgan fingerprint density at radius 1 is 1.10 bits per heavy atom. The zero-order valence-electron chi connectivity index (χ0n) is 18.0. The molecule has 0 radical (unpaired) electrons. The predicted molar refractivity (Wildman–Crippen MR) is 117 cm³/mol. The van der Waals surface area contributed by atoms with E-state index in [4.69, 9.17) is 4.74 Å². The van der Waals surface area contributed by atoms with Crippen LogP contribution in [0.2, 0.25) is 0 Å². The van der Waals surface area contributed by atoms with Crippen molar-refractivity contribution in [2.24, 2.45) is 0 Å². The molecule has 2 heterocycles. The van der Waals surface area contributed by atoms with Gasteiger partial charge in [-0.1, -0.05) is 57.5 Å². The number of aryl methyl sites for hydroxylation is 1. The Labute approximate surface area is 171 Å². The van der Waals surface area contributed by atoms with Crippen LogP contribution in [0.1, 0.15) is 56.1 Å². The van der Waals surface area contributed by atoms with E-state index < -0.39 is 17.3 Å². The molecule has 29 heavy (non-hydrogen) atoms. The molecule has 0 unspecified atom stereocenters. The summed E-state index contributed by atoms with van der Waals surface area (Å²) in [5, 5.41) is 10.7. The molecule has 6 nitrogen and oxygen atoms in total. The molecule has 3 aromatic rings. The van der Waals surface area contributed by atoms with E-state index in [1.165, 1.54) is 10.8 Å². The van der Waals surface area contributed by atoms with Gasteiger partial charge in [-0.2, -0.15) is 0 Å². The molecule has 2 aromatic heterocycles. The molecule has 0 aliphatic rings. The monoisotopic (exact) mass is 398 g/mol. The molecular formula is C23H30N2O4. The van der Waals surface area contributed by atoms with Crippen molar-refractivity contribution >= 4 is 17.0 Å². The highest BCUT2D eigenvalue weighted by molar-refractivity contribution is 5.98. The van der Waals surface area contributed by atoms with E-state index in [9.17, 15) is 14.7 Å². The first kappa shape index (κ1) is 23.9. The smallest absolute Gasteiger partial charge is 0.347 e. The summed E-state index contributed by atoms with van der Waals surface area (Å²) >= 11 is 0. The quantitative estimate of drug-likeness (QED) is 0.645. The molecule has 1 aromatic carbocycles. The summed E-state index contributed by atoms with van der Waals surface area (Å²) in [6.07, 6.45) is 1.54. The maximum Gasteiger partial charge on any atom is 0.347 e. The lowest BCUT2D eigenvalue weighted by molar-refractivity contribution is 0.0520. The van der Waals surface area contributed by atoms with Crippen LogP contribution in [0.5, 0.6) is 5.75 Å². The molecule has 0 aliphatic carbocycles. The van der Waals surface area contributed by atoms with Crippen molar-refractivity contribution in [3.8, 4) is 5.75 Å². The Hall–Kier alpha value is -3.15. The predicted octanol–water partition coefficient (Wildman–Crippen LogP) is 4.69. The Kier molecular flexibility index (Phi) is 9.59. The zero-order valence-corrected chi connectivity index (χ0v) is 18.0. The lowest BCUT2D eigenvalue weighted by atomic mass is 10.1. The molecule has 0 saturated carbocycles. The first-order chi connectivity index (χ1) is 14.0. The van der Waals surface area contributed by atoms with Gasteiger partial charge in [0.25, 0.3) is 5.56 Å². The number of aromatic nitrogens is 2. The number of ether oxygens (including phenoxy) is 1. The van der Waals surface area contributed by atoms with Gasteiger partial charge in [0.2, 0.25) is 0 Å². The molecule has 1 N–H and O–H groups in total. The van der Waals surface area contributed by atoms with Gasteiger partial charge in [-0.25, -0.2) is 9.78 Å². The molecule has 0 atom stereocenters. The van der Waals surface area contributed by atoms with E-state index in [1.54, 1.807) is 19.1 Å². The largest absolute Gasteiger partial charge is 0.506 e. The summed E-state index contributed by atoms with van der Waals surface area (Å²) < 4.78 is 6.31. The number of aromatic hydroxyl groups is 1. The van der Waals surface area contributed by atoms with Crippen LogP contribution in [0.15, 0.2) is 47.4 Å². The minimum Gasteiger partial charge on any atom is -0.506 e. The average molecular weight is 399 g/mol.